The van der Waals surface area contributed by atoms with Crippen LogP contribution in [0.2, 0.25) is 10.3 Å². The Bertz CT molecular complexity index is 959. The Morgan fingerprint density at radius 3 is 1.48 bits per heavy atom. The number of aromatic nitrogens is 8. The lowest BCUT2D eigenvalue weighted by molar-refractivity contribution is 0.932. The van der Waals surface area contributed by atoms with E-state index in [2.05, 4.69) is 30.6 Å². The Morgan fingerprint density at radius 2 is 1.12 bits per heavy atom. The molecule has 132 valence electrons. The molecule has 0 bridgehead atoms. The molecule has 0 amide bonds. The molecule has 0 aliphatic carbocycles. The van der Waals surface area contributed by atoms with Gasteiger partial charge in [-0.2, -0.15) is 19.2 Å². The van der Waals surface area contributed by atoms with Crippen LogP contribution in [0.25, 0.3) is 11.3 Å². The van der Waals surface area contributed by atoms with Crippen LogP contribution in [0.15, 0.2) is 12.1 Å². The predicted molar refractivity (Wildman–Crippen MR) is 100 cm³/mol. The highest BCUT2D eigenvalue weighted by atomic mass is 79.9. The van der Waals surface area contributed by atoms with Crippen molar-refractivity contribution in [2.75, 3.05) is 11.5 Å². The van der Waals surface area contributed by atoms with Crippen molar-refractivity contribution in [3.63, 3.8) is 0 Å². The second-order valence-electron chi connectivity index (χ2n) is 4.89. The van der Waals surface area contributed by atoms with Crippen molar-refractivity contribution in [1.82, 2.24) is 39.6 Å². The van der Waals surface area contributed by atoms with Crippen LogP contribution in [0.3, 0.4) is 0 Å². The monoisotopic (exact) mass is 446 g/mol. The summed E-state index contributed by atoms with van der Waals surface area (Å²) in [7, 11) is 0. The average Bonchev–Trinajstić information content (AvgIpc) is 3.06. The molecule has 0 radical (unpaired) electrons. The van der Waals surface area contributed by atoms with Crippen LogP contribution in [0, 0.1) is 13.8 Å². The van der Waals surface area contributed by atoms with E-state index in [1.807, 2.05) is 13.8 Å². The van der Waals surface area contributed by atoms with Crippen LogP contribution in [0.4, 0.5) is 11.9 Å². The van der Waals surface area contributed by atoms with Crippen molar-refractivity contribution in [1.29, 1.82) is 0 Å². The molecule has 0 fully saturated rings. The zero-order valence-electron chi connectivity index (χ0n) is 13.1. The van der Waals surface area contributed by atoms with Gasteiger partial charge < -0.3 is 11.5 Å². The molecule has 0 spiro atoms. The van der Waals surface area contributed by atoms with Crippen LogP contribution in [-0.4, -0.2) is 39.6 Å². The summed E-state index contributed by atoms with van der Waals surface area (Å²) in [5.41, 5.74) is 13.9. The first-order valence-electron chi connectivity index (χ1n) is 6.65. The SMILES string of the molecule is Br.Cc1cc2nnc(N)n2nc1Cl.Cc1cc2nnc(N)n2nc1Cl. The minimum Gasteiger partial charge on any atom is -0.366 e. The molecular formula is C12H13BrCl2N10. The van der Waals surface area contributed by atoms with Gasteiger partial charge in [0.05, 0.1) is 0 Å². The Labute approximate surface area is 161 Å². The predicted octanol–water partition coefficient (Wildman–Crippen LogP) is 1.91. The summed E-state index contributed by atoms with van der Waals surface area (Å²) in [6.45, 7) is 3.69. The smallest absolute Gasteiger partial charge is 0.243 e. The first kappa shape index (κ1) is 19.1. The summed E-state index contributed by atoms with van der Waals surface area (Å²) in [6.07, 6.45) is 0. The van der Waals surface area contributed by atoms with Gasteiger partial charge in [-0.15, -0.1) is 37.4 Å². The van der Waals surface area contributed by atoms with Gasteiger partial charge in [-0.1, -0.05) is 23.2 Å². The summed E-state index contributed by atoms with van der Waals surface area (Å²) in [5, 5.41) is 23.6. The van der Waals surface area contributed by atoms with Gasteiger partial charge in [0.1, 0.15) is 0 Å². The quantitative estimate of drug-likeness (QED) is 0.416. The normalized spacial score (nSPS) is 10.4. The Morgan fingerprint density at radius 1 is 0.760 bits per heavy atom. The molecule has 0 aromatic carbocycles. The highest BCUT2D eigenvalue weighted by Gasteiger charge is 2.06. The van der Waals surface area contributed by atoms with E-state index in [9.17, 15) is 0 Å². The molecular weight excluding hydrogens is 435 g/mol. The van der Waals surface area contributed by atoms with Crippen LogP contribution in [0.1, 0.15) is 11.1 Å². The standard InChI is InChI=1S/2C6H6ClN5.BrH/c2*1-3-2-4-9-10-6(8)12(4)11-5(3)7;/h2*2H,1H3,(H2,8,10);1H. The number of halogens is 3. The highest BCUT2D eigenvalue weighted by molar-refractivity contribution is 8.93. The number of fused-ring (bicyclic) bond motifs is 2. The van der Waals surface area contributed by atoms with Crippen molar-refractivity contribution < 1.29 is 0 Å². The molecule has 0 unspecified atom stereocenters. The fourth-order valence-corrected chi connectivity index (χ4v) is 2.09. The number of hydrogen-bond donors (Lipinski definition) is 2. The summed E-state index contributed by atoms with van der Waals surface area (Å²) in [5.74, 6) is 0.485. The van der Waals surface area contributed by atoms with Gasteiger partial charge in [-0.25, -0.2) is 0 Å². The topological polar surface area (TPSA) is 138 Å². The molecule has 0 aliphatic heterocycles. The minimum absolute atomic E-state index is 0. The van der Waals surface area contributed by atoms with Crippen LogP contribution in [0.5, 0.6) is 0 Å². The molecule has 0 aliphatic rings. The van der Waals surface area contributed by atoms with Crippen molar-refractivity contribution in [2.24, 2.45) is 0 Å². The van der Waals surface area contributed by atoms with Gasteiger partial charge in [0, 0.05) is 0 Å². The third-order valence-corrected chi connectivity index (χ3v) is 3.84. The number of anilines is 2. The molecule has 4 rings (SSSR count). The Balaban J connectivity index is 0.000000173. The maximum atomic E-state index is 5.77. The Kier molecular flexibility index (Phi) is 5.60. The van der Waals surface area contributed by atoms with Crippen molar-refractivity contribution in [3.05, 3.63) is 33.6 Å². The molecule has 10 nitrogen and oxygen atoms in total. The molecule has 13 heteroatoms. The maximum absolute atomic E-state index is 5.77. The van der Waals surface area contributed by atoms with Crippen LogP contribution in [-0.2, 0) is 0 Å². The van der Waals surface area contributed by atoms with E-state index in [1.54, 1.807) is 12.1 Å². The zero-order chi connectivity index (χ0) is 17.4. The minimum atomic E-state index is 0. The van der Waals surface area contributed by atoms with Gasteiger partial charge in [0.15, 0.2) is 21.6 Å². The average molecular weight is 448 g/mol. The molecule has 25 heavy (non-hydrogen) atoms. The number of nitrogen functional groups attached to an aromatic ring is 2. The molecule has 0 saturated heterocycles. The highest BCUT2D eigenvalue weighted by Crippen LogP contribution is 2.14. The van der Waals surface area contributed by atoms with Gasteiger partial charge >= 0.3 is 0 Å². The summed E-state index contributed by atoms with van der Waals surface area (Å²) < 4.78 is 2.80. The second kappa shape index (κ2) is 7.33. The number of nitrogens with two attached hydrogens (primary N) is 2. The lowest BCUT2D eigenvalue weighted by Gasteiger charge is -1.96. The lowest BCUT2D eigenvalue weighted by atomic mass is 10.3. The molecule has 0 saturated carbocycles. The number of rotatable bonds is 0. The summed E-state index contributed by atoms with van der Waals surface area (Å²) in [6, 6.07) is 3.55. The van der Waals surface area contributed by atoms with Crippen LogP contribution < -0.4 is 11.5 Å². The first-order chi connectivity index (χ1) is 11.4. The van der Waals surface area contributed by atoms with E-state index in [0.29, 0.717) is 21.6 Å². The van der Waals surface area contributed by atoms with E-state index < -0.39 is 0 Å². The van der Waals surface area contributed by atoms with E-state index >= 15 is 0 Å². The van der Waals surface area contributed by atoms with Crippen molar-refractivity contribution in [2.45, 2.75) is 13.8 Å². The second-order valence-corrected chi connectivity index (χ2v) is 5.61. The third kappa shape index (κ3) is 3.72. The van der Waals surface area contributed by atoms with Gasteiger partial charge in [0.25, 0.3) is 0 Å². The van der Waals surface area contributed by atoms with E-state index in [4.69, 9.17) is 34.7 Å². The molecule has 4 heterocycles. The third-order valence-electron chi connectivity index (χ3n) is 3.10. The van der Waals surface area contributed by atoms with Crippen molar-refractivity contribution >= 4 is 63.4 Å². The van der Waals surface area contributed by atoms with Gasteiger partial charge in [-0.3, -0.25) is 0 Å². The lowest BCUT2D eigenvalue weighted by Crippen LogP contribution is -1.99. The molecule has 4 aromatic heterocycles. The largest absolute Gasteiger partial charge is 0.366 e. The van der Waals surface area contributed by atoms with Crippen molar-refractivity contribution in [3.8, 4) is 0 Å². The molecule has 0 atom stereocenters. The maximum Gasteiger partial charge on any atom is 0.243 e. The summed E-state index contributed by atoms with van der Waals surface area (Å²) in [4.78, 5) is 0. The fraction of sp³-hybridized carbons (Fsp3) is 0.167. The number of hydrogen-bond acceptors (Lipinski definition) is 8. The van der Waals surface area contributed by atoms with Gasteiger partial charge in [-0.05, 0) is 37.1 Å². The van der Waals surface area contributed by atoms with E-state index in [-0.39, 0.29) is 28.9 Å². The molecule has 4 aromatic rings. The molecule has 4 N–H and O–H groups in total. The number of nitrogens with zero attached hydrogens (tertiary/aromatic N) is 8. The van der Waals surface area contributed by atoms with E-state index in [0.717, 1.165) is 11.1 Å². The van der Waals surface area contributed by atoms with Gasteiger partial charge in [0.2, 0.25) is 11.9 Å². The Hall–Kier alpha value is -2.24. The summed E-state index contributed by atoms with van der Waals surface area (Å²) >= 11 is 11.5. The fourth-order valence-electron chi connectivity index (χ4n) is 1.83. The first-order valence-corrected chi connectivity index (χ1v) is 7.40. The van der Waals surface area contributed by atoms with Crippen LogP contribution >= 0.6 is 40.2 Å². The van der Waals surface area contributed by atoms with E-state index in [1.165, 1.54) is 9.03 Å². The zero-order valence-corrected chi connectivity index (χ0v) is 16.3. The number of aryl methyl sites for hydroxylation is 2.